The second kappa shape index (κ2) is 6.05. The molecule has 3 heteroatoms. The molecular formula is C18H29FN2. The summed E-state index contributed by atoms with van der Waals surface area (Å²) in [5.41, 5.74) is 7.63. The van der Waals surface area contributed by atoms with Crippen molar-refractivity contribution in [3.8, 4) is 0 Å². The molecule has 1 aromatic rings. The molecule has 1 aliphatic carbocycles. The first kappa shape index (κ1) is 16.4. The second-order valence-electron chi connectivity index (χ2n) is 7.56. The van der Waals surface area contributed by atoms with Crippen molar-refractivity contribution < 1.29 is 4.39 Å². The fraction of sp³-hybridized carbons (Fsp3) is 0.667. The summed E-state index contributed by atoms with van der Waals surface area (Å²) in [5.74, 6) is 0.380. The molecule has 1 fully saturated rings. The van der Waals surface area contributed by atoms with Crippen molar-refractivity contribution in [3.05, 3.63) is 35.6 Å². The van der Waals surface area contributed by atoms with Gasteiger partial charge in [0.2, 0.25) is 0 Å². The molecule has 0 heterocycles. The maximum atomic E-state index is 13.4. The first-order valence-corrected chi connectivity index (χ1v) is 7.95. The summed E-state index contributed by atoms with van der Waals surface area (Å²) in [5, 5.41) is 0. The fourth-order valence-electron chi connectivity index (χ4n) is 4.01. The zero-order valence-electron chi connectivity index (χ0n) is 13.8. The molecule has 0 radical (unpaired) electrons. The van der Waals surface area contributed by atoms with Crippen LogP contribution in [0.25, 0.3) is 0 Å². The Morgan fingerprint density at radius 2 is 2.05 bits per heavy atom. The maximum Gasteiger partial charge on any atom is 0.123 e. The summed E-state index contributed by atoms with van der Waals surface area (Å²) in [7, 11) is 2.13. The molecule has 0 spiro atoms. The summed E-state index contributed by atoms with van der Waals surface area (Å²) in [6.07, 6.45) is 3.50. The van der Waals surface area contributed by atoms with Gasteiger partial charge in [-0.25, -0.2) is 4.39 Å². The lowest BCUT2D eigenvalue weighted by atomic mass is 9.63. The predicted molar refractivity (Wildman–Crippen MR) is 86.4 cm³/mol. The standard InChI is InChI=1S/C18H29FN2/c1-14-11-17(2,3)8-9-18(14,13-20)21(4)12-15-6-5-7-16(19)10-15/h5-7,10,14H,8-9,11-13,20H2,1-4H3. The van der Waals surface area contributed by atoms with Crippen molar-refractivity contribution in [2.45, 2.75) is 52.1 Å². The lowest BCUT2D eigenvalue weighted by Crippen LogP contribution is -2.59. The molecule has 0 bridgehead atoms. The van der Waals surface area contributed by atoms with E-state index in [1.807, 2.05) is 6.07 Å². The molecule has 2 rings (SSSR count). The minimum Gasteiger partial charge on any atom is -0.329 e. The van der Waals surface area contributed by atoms with Crippen molar-refractivity contribution >= 4 is 0 Å². The van der Waals surface area contributed by atoms with Crippen LogP contribution >= 0.6 is 0 Å². The van der Waals surface area contributed by atoms with Gasteiger partial charge >= 0.3 is 0 Å². The smallest absolute Gasteiger partial charge is 0.123 e. The normalized spacial score (nSPS) is 28.8. The third-order valence-corrected chi connectivity index (χ3v) is 5.43. The minimum absolute atomic E-state index is 0.0296. The Hall–Kier alpha value is -0.930. The van der Waals surface area contributed by atoms with Gasteiger partial charge in [0.15, 0.2) is 0 Å². The van der Waals surface area contributed by atoms with Gasteiger partial charge < -0.3 is 5.73 Å². The molecule has 0 saturated heterocycles. The van der Waals surface area contributed by atoms with Crippen molar-refractivity contribution in [2.75, 3.05) is 13.6 Å². The molecule has 21 heavy (non-hydrogen) atoms. The van der Waals surface area contributed by atoms with Crippen molar-refractivity contribution in [2.24, 2.45) is 17.1 Å². The van der Waals surface area contributed by atoms with Gasteiger partial charge in [0.1, 0.15) is 5.82 Å². The van der Waals surface area contributed by atoms with E-state index in [0.717, 1.165) is 18.5 Å². The van der Waals surface area contributed by atoms with Crippen LogP contribution in [-0.4, -0.2) is 24.0 Å². The Morgan fingerprint density at radius 3 is 2.62 bits per heavy atom. The zero-order chi connectivity index (χ0) is 15.7. The average Bonchev–Trinajstić information content (AvgIpc) is 2.38. The third kappa shape index (κ3) is 3.46. The fourth-order valence-corrected chi connectivity index (χ4v) is 4.01. The number of hydrogen-bond acceptors (Lipinski definition) is 2. The van der Waals surface area contributed by atoms with Gasteiger partial charge in [-0.3, -0.25) is 4.90 Å². The molecule has 1 aliphatic rings. The first-order chi connectivity index (χ1) is 9.79. The number of nitrogens with zero attached hydrogens (tertiary/aromatic N) is 1. The van der Waals surface area contributed by atoms with Gasteiger partial charge in [0, 0.05) is 18.6 Å². The highest BCUT2D eigenvalue weighted by Crippen LogP contribution is 2.46. The van der Waals surface area contributed by atoms with Gasteiger partial charge in [0.25, 0.3) is 0 Å². The quantitative estimate of drug-likeness (QED) is 0.914. The van der Waals surface area contributed by atoms with E-state index in [2.05, 4.69) is 32.7 Å². The third-order valence-electron chi connectivity index (χ3n) is 5.43. The maximum absolute atomic E-state index is 13.4. The highest BCUT2D eigenvalue weighted by atomic mass is 19.1. The Morgan fingerprint density at radius 1 is 1.33 bits per heavy atom. The van der Waals surface area contributed by atoms with Crippen LogP contribution in [0.5, 0.6) is 0 Å². The van der Waals surface area contributed by atoms with Gasteiger partial charge in [-0.2, -0.15) is 0 Å². The monoisotopic (exact) mass is 292 g/mol. The molecule has 0 amide bonds. The van der Waals surface area contributed by atoms with Crippen LogP contribution in [-0.2, 0) is 6.54 Å². The van der Waals surface area contributed by atoms with Crippen molar-refractivity contribution in [1.29, 1.82) is 0 Å². The number of halogens is 1. The van der Waals surface area contributed by atoms with E-state index in [-0.39, 0.29) is 11.4 Å². The summed E-state index contributed by atoms with van der Waals surface area (Å²) in [6, 6.07) is 6.88. The van der Waals surface area contributed by atoms with Crippen molar-refractivity contribution in [3.63, 3.8) is 0 Å². The van der Waals surface area contributed by atoms with E-state index in [0.29, 0.717) is 17.9 Å². The number of rotatable bonds is 4. The van der Waals surface area contributed by atoms with Crippen LogP contribution < -0.4 is 5.73 Å². The summed E-state index contributed by atoms with van der Waals surface area (Å²) in [6.45, 7) is 8.42. The number of nitrogens with two attached hydrogens (primary N) is 1. The summed E-state index contributed by atoms with van der Waals surface area (Å²) in [4.78, 5) is 2.35. The van der Waals surface area contributed by atoms with E-state index in [9.17, 15) is 4.39 Å². The van der Waals surface area contributed by atoms with Crippen LogP contribution in [0.1, 0.15) is 45.6 Å². The van der Waals surface area contributed by atoms with Gasteiger partial charge in [-0.05, 0) is 55.3 Å². The minimum atomic E-state index is -0.166. The van der Waals surface area contributed by atoms with Crippen LogP contribution in [0.2, 0.25) is 0 Å². The topological polar surface area (TPSA) is 29.3 Å². The number of likely N-dealkylation sites (N-methyl/N-ethyl adjacent to an activating group) is 1. The largest absolute Gasteiger partial charge is 0.329 e. The van der Waals surface area contributed by atoms with E-state index in [1.54, 1.807) is 12.1 Å². The molecule has 0 aromatic heterocycles. The van der Waals surface area contributed by atoms with Gasteiger partial charge in [0.05, 0.1) is 0 Å². The Labute approximate surface area is 128 Å². The van der Waals surface area contributed by atoms with Gasteiger partial charge in [-0.1, -0.05) is 32.9 Å². The lowest BCUT2D eigenvalue weighted by Gasteiger charge is -2.52. The zero-order valence-corrected chi connectivity index (χ0v) is 13.8. The molecule has 2 nitrogen and oxygen atoms in total. The second-order valence-corrected chi connectivity index (χ2v) is 7.56. The van der Waals surface area contributed by atoms with Crippen LogP contribution in [0, 0.1) is 17.2 Å². The van der Waals surface area contributed by atoms with E-state index < -0.39 is 0 Å². The first-order valence-electron chi connectivity index (χ1n) is 7.95. The highest BCUT2D eigenvalue weighted by molar-refractivity contribution is 5.17. The highest BCUT2D eigenvalue weighted by Gasteiger charge is 2.45. The van der Waals surface area contributed by atoms with E-state index >= 15 is 0 Å². The Balaban J connectivity index is 2.16. The SMILES string of the molecule is CC1CC(C)(C)CCC1(CN)N(C)Cc1cccc(F)c1. The van der Waals surface area contributed by atoms with Crippen LogP contribution in [0.3, 0.4) is 0 Å². The van der Waals surface area contributed by atoms with Crippen molar-refractivity contribution in [1.82, 2.24) is 4.90 Å². The molecule has 118 valence electrons. The molecule has 2 atom stereocenters. The lowest BCUT2D eigenvalue weighted by molar-refractivity contribution is -0.0117. The summed E-state index contributed by atoms with van der Waals surface area (Å²) >= 11 is 0. The van der Waals surface area contributed by atoms with E-state index in [4.69, 9.17) is 5.73 Å². The molecule has 0 aliphatic heterocycles. The van der Waals surface area contributed by atoms with Crippen LogP contribution in [0.15, 0.2) is 24.3 Å². The predicted octanol–water partition coefficient (Wildman–Crippen LogP) is 3.80. The van der Waals surface area contributed by atoms with E-state index in [1.165, 1.54) is 18.9 Å². The average molecular weight is 292 g/mol. The molecule has 1 saturated carbocycles. The number of benzene rings is 1. The summed E-state index contributed by atoms with van der Waals surface area (Å²) < 4.78 is 13.4. The van der Waals surface area contributed by atoms with Crippen LogP contribution in [0.4, 0.5) is 4.39 Å². The van der Waals surface area contributed by atoms with Gasteiger partial charge in [-0.15, -0.1) is 0 Å². The molecule has 1 aromatic carbocycles. The Bertz CT molecular complexity index is 486. The molecular weight excluding hydrogens is 263 g/mol. The molecule has 2 unspecified atom stereocenters. The Kier molecular flexibility index (Phi) is 4.74. The molecule has 2 N–H and O–H groups in total. The number of hydrogen-bond donors (Lipinski definition) is 1.